The van der Waals surface area contributed by atoms with Crippen LogP contribution in [-0.2, 0) is 11.2 Å². The van der Waals surface area contributed by atoms with Gasteiger partial charge in [-0.2, -0.15) is 4.98 Å². The van der Waals surface area contributed by atoms with E-state index in [1.54, 1.807) is 6.92 Å². The molecule has 1 aromatic heterocycles. The van der Waals surface area contributed by atoms with E-state index in [1.807, 2.05) is 24.3 Å². The number of nitrogens with one attached hydrogen (secondary N) is 1. The van der Waals surface area contributed by atoms with Crippen LogP contribution in [0.15, 0.2) is 28.8 Å². The molecule has 1 heterocycles. The Hall–Kier alpha value is -1.64. The first kappa shape index (κ1) is 14.8. The Morgan fingerprint density at radius 2 is 2.15 bits per heavy atom. The highest BCUT2D eigenvalue weighted by atomic mass is 127. The number of aryl methyl sites for hydroxylation is 1. The van der Waals surface area contributed by atoms with E-state index in [-0.39, 0.29) is 12.5 Å². The van der Waals surface area contributed by atoms with E-state index < -0.39 is 0 Å². The zero-order valence-electron chi connectivity index (χ0n) is 10.9. The number of aromatic nitrogens is 2. The van der Waals surface area contributed by atoms with Crippen molar-refractivity contribution in [1.82, 2.24) is 15.5 Å². The van der Waals surface area contributed by atoms with Gasteiger partial charge >= 0.3 is 0 Å². The molecule has 0 bridgehead atoms. The molecule has 0 aliphatic carbocycles. The maximum absolute atomic E-state index is 11.6. The highest BCUT2D eigenvalue weighted by Gasteiger charge is 2.05. The zero-order valence-corrected chi connectivity index (χ0v) is 13.1. The Balaban J connectivity index is 1.66. The molecule has 1 N–H and O–H groups in total. The van der Waals surface area contributed by atoms with E-state index in [9.17, 15) is 4.79 Å². The predicted octanol–water partition coefficient (Wildman–Crippen LogP) is 1.72. The van der Waals surface area contributed by atoms with E-state index in [1.165, 1.54) is 0 Å². The average Bonchev–Trinajstić information content (AvgIpc) is 2.84. The van der Waals surface area contributed by atoms with Gasteiger partial charge in [-0.05, 0) is 53.8 Å². The number of hydrogen-bond donors (Lipinski definition) is 1. The van der Waals surface area contributed by atoms with E-state index in [0.717, 1.165) is 3.57 Å². The van der Waals surface area contributed by atoms with Gasteiger partial charge in [-0.25, -0.2) is 0 Å². The van der Waals surface area contributed by atoms with Crippen molar-refractivity contribution in [2.75, 3.05) is 13.2 Å². The topological polar surface area (TPSA) is 77.2 Å². The summed E-state index contributed by atoms with van der Waals surface area (Å²) in [4.78, 5) is 15.6. The Bertz CT molecular complexity index is 568. The molecule has 2 rings (SSSR count). The lowest BCUT2D eigenvalue weighted by atomic mass is 10.3. The van der Waals surface area contributed by atoms with Crippen LogP contribution in [-0.4, -0.2) is 29.2 Å². The highest BCUT2D eigenvalue weighted by molar-refractivity contribution is 14.1. The second-order valence-electron chi connectivity index (χ2n) is 4.08. The standard InChI is InChI=1S/C13H14IN3O3/c1-9-16-13(20-17-9)6-7-15-12(18)8-19-11-4-2-10(14)3-5-11/h2-5H,6-8H2,1H3,(H,15,18). The Morgan fingerprint density at radius 3 is 2.80 bits per heavy atom. The summed E-state index contributed by atoms with van der Waals surface area (Å²) in [5.74, 6) is 1.60. The summed E-state index contributed by atoms with van der Waals surface area (Å²) in [6.07, 6.45) is 0.510. The van der Waals surface area contributed by atoms with Crippen molar-refractivity contribution in [3.63, 3.8) is 0 Å². The third kappa shape index (κ3) is 4.80. The first-order chi connectivity index (χ1) is 9.63. The molecule has 1 aromatic carbocycles. The minimum atomic E-state index is -0.181. The van der Waals surface area contributed by atoms with Crippen LogP contribution in [0.4, 0.5) is 0 Å². The maximum atomic E-state index is 11.6. The number of halogens is 1. The van der Waals surface area contributed by atoms with Gasteiger partial charge in [0, 0.05) is 16.5 Å². The summed E-state index contributed by atoms with van der Waals surface area (Å²) in [5, 5.41) is 6.40. The van der Waals surface area contributed by atoms with Gasteiger partial charge in [0.25, 0.3) is 5.91 Å². The van der Waals surface area contributed by atoms with Crippen molar-refractivity contribution in [2.45, 2.75) is 13.3 Å². The van der Waals surface area contributed by atoms with E-state index in [2.05, 4.69) is 38.0 Å². The molecule has 0 fully saturated rings. The normalized spacial score (nSPS) is 10.3. The van der Waals surface area contributed by atoms with Crippen molar-refractivity contribution in [2.24, 2.45) is 0 Å². The number of rotatable bonds is 6. The third-order valence-corrected chi connectivity index (χ3v) is 3.13. The van der Waals surface area contributed by atoms with Gasteiger partial charge in [0.2, 0.25) is 5.89 Å². The summed E-state index contributed by atoms with van der Waals surface area (Å²) in [6, 6.07) is 7.50. The van der Waals surface area contributed by atoms with Crippen LogP contribution in [0.1, 0.15) is 11.7 Å². The molecule has 0 atom stereocenters. The molecule has 0 aliphatic heterocycles. The molecule has 0 unspecified atom stereocenters. The summed E-state index contributed by atoms with van der Waals surface area (Å²) < 4.78 is 11.4. The smallest absolute Gasteiger partial charge is 0.257 e. The van der Waals surface area contributed by atoms with Gasteiger partial charge < -0.3 is 14.6 Å². The van der Waals surface area contributed by atoms with Crippen LogP contribution in [0.25, 0.3) is 0 Å². The fourth-order valence-electron chi connectivity index (χ4n) is 1.48. The van der Waals surface area contributed by atoms with Crippen molar-refractivity contribution in [3.8, 4) is 5.75 Å². The number of amides is 1. The molecular formula is C13H14IN3O3. The first-order valence-corrected chi connectivity index (χ1v) is 7.15. The van der Waals surface area contributed by atoms with Gasteiger partial charge in [-0.15, -0.1) is 0 Å². The fraction of sp³-hybridized carbons (Fsp3) is 0.308. The number of ether oxygens (including phenoxy) is 1. The zero-order chi connectivity index (χ0) is 14.4. The first-order valence-electron chi connectivity index (χ1n) is 6.08. The van der Waals surface area contributed by atoms with E-state index in [0.29, 0.717) is 30.4 Å². The predicted molar refractivity (Wildman–Crippen MR) is 80.4 cm³/mol. The molecule has 6 nitrogen and oxygen atoms in total. The second kappa shape index (κ2) is 7.22. The second-order valence-corrected chi connectivity index (χ2v) is 5.32. The average molecular weight is 387 g/mol. The Morgan fingerprint density at radius 1 is 1.40 bits per heavy atom. The quantitative estimate of drug-likeness (QED) is 0.764. The molecule has 0 spiro atoms. The molecule has 0 radical (unpaired) electrons. The molecule has 106 valence electrons. The van der Waals surface area contributed by atoms with Gasteiger partial charge in [0.1, 0.15) is 5.75 Å². The van der Waals surface area contributed by atoms with E-state index in [4.69, 9.17) is 9.26 Å². The summed E-state index contributed by atoms with van der Waals surface area (Å²) in [6.45, 7) is 2.18. The number of nitrogens with zero attached hydrogens (tertiary/aromatic N) is 2. The summed E-state index contributed by atoms with van der Waals surface area (Å²) in [7, 11) is 0. The lowest BCUT2D eigenvalue weighted by Gasteiger charge is -2.06. The van der Waals surface area contributed by atoms with Crippen LogP contribution in [0.5, 0.6) is 5.75 Å². The highest BCUT2D eigenvalue weighted by Crippen LogP contribution is 2.13. The lowest BCUT2D eigenvalue weighted by Crippen LogP contribution is -2.30. The van der Waals surface area contributed by atoms with E-state index >= 15 is 0 Å². The largest absolute Gasteiger partial charge is 0.484 e. The molecule has 20 heavy (non-hydrogen) atoms. The van der Waals surface area contributed by atoms with Gasteiger partial charge in [-0.1, -0.05) is 5.16 Å². The third-order valence-electron chi connectivity index (χ3n) is 2.41. The van der Waals surface area contributed by atoms with Crippen LogP contribution >= 0.6 is 22.6 Å². The minimum absolute atomic E-state index is 0.0105. The Kier molecular flexibility index (Phi) is 5.33. The van der Waals surface area contributed by atoms with Gasteiger partial charge in [-0.3, -0.25) is 4.79 Å². The van der Waals surface area contributed by atoms with Crippen LogP contribution in [0.3, 0.4) is 0 Å². The molecular weight excluding hydrogens is 373 g/mol. The monoisotopic (exact) mass is 387 g/mol. The molecule has 1 amide bonds. The van der Waals surface area contributed by atoms with Crippen molar-refractivity contribution >= 4 is 28.5 Å². The fourth-order valence-corrected chi connectivity index (χ4v) is 1.84. The van der Waals surface area contributed by atoms with Crippen molar-refractivity contribution < 1.29 is 14.1 Å². The summed E-state index contributed by atoms with van der Waals surface area (Å²) in [5.41, 5.74) is 0. The molecule has 0 saturated carbocycles. The number of hydrogen-bond acceptors (Lipinski definition) is 5. The molecule has 0 saturated heterocycles. The molecule has 7 heteroatoms. The summed E-state index contributed by atoms with van der Waals surface area (Å²) >= 11 is 2.21. The van der Waals surface area contributed by atoms with Crippen molar-refractivity contribution in [3.05, 3.63) is 39.6 Å². The lowest BCUT2D eigenvalue weighted by molar-refractivity contribution is -0.123. The minimum Gasteiger partial charge on any atom is -0.484 e. The number of benzene rings is 1. The van der Waals surface area contributed by atoms with Crippen LogP contribution < -0.4 is 10.1 Å². The van der Waals surface area contributed by atoms with Crippen LogP contribution in [0, 0.1) is 10.5 Å². The van der Waals surface area contributed by atoms with Crippen molar-refractivity contribution in [1.29, 1.82) is 0 Å². The SMILES string of the molecule is Cc1noc(CCNC(=O)COc2ccc(I)cc2)n1. The molecule has 0 aliphatic rings. The van der Waals surface area contributed by atoms with Crippen LogP contribution in [0.2, 0.25) is 0 Å². The number of carbonyl (C=O) groups excluding carboxylic acids is 1. The van der Waals surface area contributed by atoms with Gasteiger partial charge in [0.05, 0.1) is 0 Å². The maximum Gasteiger partial charge on any atom is 0.257 e. The van der Waals surface area contributed by atoms with Gasteiger partial charge in [0.15, 0.2) is 12.4 Å². The number of carbonyl (C=O) groups is 1. The Labute approximate surface area is 130 Å². The molecule has 2 aromatic rings.